The number of halogens is 1. The van der Waals surface area contributed by atoms with Crippen LogP contribution in [0.2, 0.25) is 0 Å². The number of carbonyl (C=O) groups is 1. The van der Waals surface area contributed by atoms with Crippen LogP contribution < -0.4 is 4.74 Å². The highest BCUT2D eigenvalue weighted by molar-refractivity contribution is 5.96. The first-order chi connectivity index (χ1) is 11.0. The summed E-state index contributed by atoms with van der Waals surface area (Å²) in [6.45, 7) is 9.10. The van der Waals surface area contributed by atoms with Crippen molar-refractivity contribution in [3.63, 3.8) is 0 Å². The second-order valence-corrected chi connectivity index (χ2v) is 5.00. The van der Waals surface area contributed by atoms with Gasteiger partial charge >= 0.3 is 5.97 Å². The van der Waals surface area contributed by atoms with Gasteiger partial charge in [0.15, 0.2) is 11.6 Å². The van der Waals surface area contributed by atoms with Gasteiger partial charge in [-0.2, -0.15) is 0 Å². The van der Waals surface area contributed by atoms with Crippen LogP contribution in [0.5, 0.6) is 11.6 Å². The second kappa shape index (κ2) is 7.05. The van der Waals surface area contributed by atoms with Crippen LogP contribution in [0.15, 0.2) is 31.0 Å². The molecule has 0 amide bonds. The van der Waals surface area contributed by atoms with Gasteiger partial charge in [-0.25, -0.2) is 14.2 Å². The first-order valence-electron chi connectivity index (χ1n) is 7.21. The Labute approximate surface area is 134 Å². The molecule has 0 bridgehead atoms. The van der Waals surface area contributed by atoms with E-state index in [-0.39, 0.29) is 23.8 Å². The van der Waals surface area contributed by atoms with Gasteiger partial charge in [-0.3, -0.25) is 0 Å². The van der Waals surface area contributed by atoms with Crippen LogP contribution in [0.1, 0.15) is 34.0 Å². The Morgan fingerprint density at radius 2 is 2.13 bits per heavy atom. The lowest BCUT2D eigenvalue weighted by atomic mass is 10.1. The normalized spacial score (nSPS) is 10.3. The number of esters is 1. The first kappa shape index (κ1) is 16.7. The summed E-state index contributed by atoms with van der Waals surface area (Å²) in [5, 5.41) is 0. The molecule has 2 aromatic rings. The number of nitrogens with zero attached hydrogens (tertiary/aromatic N) is 1. The van der Waals surface area contributed by atoms with E-state index in [2.05, 4.69) is 11.6 Å². The number of aryl methyl sites for hydroxylation is 2. The summed E-state index contributed by atoms with van der Waals surface area (Å²) >= 11 is 0. The maximum atomic E-state index is 14.2. The average Bonchev–Trinajstić information content (AvgIpc) is 2.50. The number of hydrogen-bond donors (Lipinski definition) is 0. The molecule has 1 aromatic carbocycles. The standard InChI is InChI=1S/C18H18FNO3/c1-5-13-7-8-20-17(15(13)18(21)22-6-2)23-16-12(4)9-11(3)10-14(16)19/h5,7-10H,1,6H2,2-4H3. The third kappa shape index (κ3) is 3.56. The lowest BCUT2D eigenvalue weighted by Gasteiger charge is -2.14. The molecule has 0 aliphatic rings. The molecule has 0 unspecified atom stereocenters. The molecule has 0 aliphatic heterocycles. The van der Waals surface area contributed by atoms with Gasteiger partial charge in [-0.15, -0.1) is 0 Å². The number of carbonyl (C=O) groups excluding carboxylic acids is 1. The smallest absolute Gasteiger partial charge is 0.344 e. The van der Waals surface area contributed by atoms with Gasteiger partial charge in [-0.05, 0) is 49.6 Å². The van der Waals surface area contributed by atoms with Gasteiger partial charge in [0.1, 0.15) is 5.56 Å². The van der Waals surface area contributed by atoms with Crippen LogP contribution >= 0.6 is 0 Å². The summed E-state index contributed by atoms with van der Waals surface area (Å²) < 4.78 is 24.8. The van der Waals surface area contributed by atoms with Crippen molar-refractivity contribution in [3.05, 3.63) is 59.0 Å². The third-order valence-electron chi connectivity index (χ3n) is 3.22. The predicted molar refractivity (Wildman–Crippen MR) is 86.2 cm³/mol. The highest BCUT2D eigenvalue weighted by Crippen LogP contribution is 2.31. The predicted octanol–water partition coefficient (Wildman–Crippen LogP) is 4.45. The SMILES string of the molecule is C=Cc1ccnc(Oc2c(C)cc(C)cc2F)c1C(=O)OCC. The molecular formula is C18H18FNO3. The molecule has 1 aromatic heterocycles. The van der Waals surface area contributed by atoms with Crippen molar-refractivity contribution < 1.29 is 18.7 Å². The molecule has 0 atom stereocenters. The van der Waals surface area contributed by atoms with Crippen molar-refractivity contribution in [3.8, 4) is 11.6 Å². The average molecular weight is 315 g/mol. The minimum atomic E-state index is -0.587. The summed E-state index contributed by atoms with van der Waals surface area (Å²) in [5.74, 6) is -1.07. The molecule has 5 heteroatoms. The maximum Gasteiger partial charge on any atom is 0.344 e. The van der Waals surface area contributed by atoms with Gasteiger partial charge in [-0.1, -0.05) is 18.7 Å². The van der Waals surface area contributed by atoms with E-state index in [0.717, 1.165) is 5.56 Å². The minimum absolute atomic E-state index is 0.00768. The fourth-order valence-corrected chi connectivity index (χ4v) is 2.24. The number of ether oxygens (including phenoxy) is 2. The molecular weight excluding hydrogens is 297 g/mol. The zero-order valence-corrected chi connectivity index (χ0v) is 13.4. The Bertz CT molecular complexity index is 733. The molecule has 0 aliphatic carbocycles. The van der Waals surface area contributed by atoms with E-state index < -0.39 is 11.8 Å². The zero-order chi connectivity index (χ0) is 17.0. The minimum Gasteiger partial charge on any atom is -0.462 e. The van der Waals surface area contributed by atoms with Gasteiger partial charge in [0, 0.05) is 6.20 Å². The van der Waals surface area contributed by atoms with Crippen molar-refractivity contribution in [2.75, 3.05) is 6.61 Å². The van der Waals surface area contributed by atoms with Gasteiger partial charge in [0.25, 0.3) is 0 Å². The Morgan fingerprint density at radius 1 is 1.39 bits per heavy atom. The molecule has 0 fully saturated rings. The van der Waals surface area contributed by atoms with E-state index in [0.29, 0.717) is 11.1 Å². The Kier molecular flexibility index (Phi) is 5.11. The molecule has 0 radical (unpaired) electrons. The lowest BCUT2D eigenvalue weighted by molar-refractivity contribution is 0.0522. The van der Waals surface area contributed by atoms with Gasteiger partial charge < -0.3 is 9.47 Å². The third-order valence-corrected chi connectivity index (χ3v) is 3.22. The monoisotopic (exact) mass is 315 g/mol. The molecule has 0 N–H and O–H groups in total. The fraction of sp³-hybridized carbons (Fsp3) is 0.222. The van der Waals surface area contributed by atoms with E-state index >= 15 is 0 Å². The van der Waals surface area contributed by atoms with E-state index in [1.807, 2.05) is 0 Å². The van der Waals surface area contributed by atoms with Crippen LogP contribution in [-0.2, 0) is 4.74 Å². The van der Waals surface area contributed by atoms with Crippen LogP contribution in [-0.4, -0.2) is 17.6 Å². The van der Waals surface area contributed by atoms with Crippen LogP contribution in [0.4, 0.5) is 4.39 Å². The number of aromatic nitrogens is 1. The van der Waals surface area contributed by atoms with E-state index in [4.69, 9.17) is 9.47 Å². The van der Waals surface area contributed by atoms with Gasteiger partial charge in [0.05, 0.1) is 6.61 Å². The van der Waals surface area contributed by atoms with Crippen LogP contribution in [0.25, 0.3) is 6.08 Å². The lowest BCUT2D eigenvalue weighted by Crippen LogP contribution is -2.10. The summed E-state index contributed by atoms with van der Waals surface area (Å²) in [4.78, 5) is 16.2. The van der Waals surface area contributed by atoms with Crippen molar-refractivity contribution in [2.45, 2.75) is 20.8 Å². The highest BCUT2D eigenvalue weighted by atomic mass is 19.1. The van der Waals surface area contributed by atoms with Crippen molar-refractivity contribution in [1.29, 1.82) is 0 Å². The number of benzene rings is 1. The largest absolute Gasteiger partial charge is 0.462 e. The number of pyridine rings is 1. The topological polar surface area (TPSA) is 48.4 Å². The summed E-state index contributed by atoms with van der Waals surface area (Å²) in [6, 6.07) is 4.77. The fourth-order valence-electron chi connectivity index (χ4n) is 2.24. The molecule has 0 saturated heterocycles. The van der Waals surface area contributed by atoms with Gasteiger partial charge in [0.2, 0.25) is 5.88 Å². The molecule has 23 heavy (non-hydrogen) atoms. The van der Waals surface area contributed by atoms with Crippen molar-refractivity contribution >= 4 is 12.0 Å². The second-order valence-electron chi connectivity index (χ2n) is 5.00. The van der Waals surface area contributed by atoms with Crippen LogP contribution in [0, 0.1) is 19.7 Å². The van der Waals surface area contributed by atoms with E-state index in [1.54, 1.807) is 32.9 Å². The summed E-state index contributed by atoms with van der Waals surface area (Å²) in [5.41, 5.74) is 2.04. The van der Waals surface area contributed by atoms with Crippen LogP contribution in [0.3, 0.4) is 0 Å². The van der Waals surface area contributed by atoms with Crippen molar-refractivity contribution in [2.24, 2.45) is 0 Å². The molecule has 0 spiro atoms. The Hall–Kier alpha value is -2.69. The highest BCUT2D eigenvalue weighted by Gasteiger charge is 2.21. The summed E-state index contributed by atoms with van der Waals surface area (Å²) in [6.07, 6.45) is 2.97. The molecule has 120 valence electrons. The Morgan fingerprint density at radius 3 is 2.74 bits per heavy atom. The Balaban J connectivity index is 2.52. The van der Waals surface area contributed by atoms with Crippen molar-refractivity contribution in [1.82, 2.24) is 4.98 Å². The van der Waals surface area contributed by atoms with E-state index in [9.17, 15) is 9.18 Å². The molecule has 4 nitrogen and oxygen atoms in total. The molecule has 0 saturated carbocycles. The number of hydrogen-bond acceptors (Lipinski definition) is 4. The molecule has 2 rings (SSSR count). The maximum absolute atomic E-state index is 14.2. The molecule has 1 heterocycles. The zero-order valence-electron chi connectivity index (χ0n) is 13.4. The quantitative estimate of drug-likeness (QED) is 0.765. The first-order valence-corrected chi connectivity index (χ1v) is 7.21. The summed E-state index contributed by atoms with van der Waals surface area (Å²) in [7, 11) is 0. The number of rotatable bonds is 5. The van der Waals surface area contributed by atoms with E-state index in [1.165, 1.54) is 18.3 Å².